The lowest BCUT2D eigenvalue weighted by Crippen LogP contribution is -2.10. The summed E-state index contributed by atoms with van der Waals surface area (Å²) in [5.41, 5.74) is 13.3. The molecule has 0 saturated heterocycles. The normalized spacial score (nSPS) is 11.6. The number of rotatable bonds is 6. The Morgan fingerprint density at radius 2 is 0.891 bits per heavy atom. The van der Waals surface area contributed by atoms with E-state index in [9.17, 15) is 0 Å². The predicted molar refractivity (Wildman–Crippen MR) is 231 cm³/mol. The molecular weight excluding hydrogens is 669 g/mol. The zero-order valence-electron chi connectivity index (χ0n) is 29.9. The van der Waals surface area contributed by atoms with Crippen LogP contribution < -0.4 is 4.90 Å². The first-order chi connectivity index (χ1) is 27.3. The molecule has 0 amide bonds. The van der Waals surface area contributed by atoms with E-state index in [0.29, 0.717) is 0 Å². The summed E-state index contributed by atoms with van der Waals surface area (Å²) >= 11 is 0. The molecule has 0 saturated carbocycles. The van der Waals surface area contributed by atoms with Gasteiger partial charge in [-0.3, -0.25) is 0 Å². The van der Waals surface area contributed by atoms with Crippen molar-refractivity contribution in [2.45, 2.75) is 0 Å². The highest BCUT2D eigenvalue weighted by Crippen LogP contribution is 2.42. The van der Waals surface area contributed by atoms with Gasteiger partial charge in [-0.1, -0.05) is 133 Å². The Balaban J connectivity index is 1.05. The largest absolute Gasteiger partial charge is 0.456 e. The average molecular weight is 703 g/mol. The Bertz CT molecular complexity index is 3130. The SMILES string of the molecule is c1ccc(-c2cccc3cccc(-c4ccc(N(c5ccc(-n6c7ccccc7c7ccccc76)cc5)c5ccc6c(c5)oc5ccccc56)cc4)c23)cc1. The van der Waals surface area contributed by atoms with Crippen LogP contribution in [0.5, 0.6) is 0 Å². The van der Waals surface area contributed by atoms with Crippen molar-refractivity contribution in [1.29, 1.82) is 0 Å². The van der Waals surface area contributed by atoms with Gasteiger partial charge in [-0.2, -0.15) is 0 Å². The van der Waals surface area contributed by atoms with Crippen LogP contribution in [0.15, 0.2) is 211 Å². The number of aromatic nitrogens is 1. The molecule has 2 heterocycles. The van der Waals surface area contributed by atoms with Gasteiger partial charge >= 0.3 is 0 Å². The monoisotopic (exact) mass is 702 g/mol. The van der Waals surface area contributed by atoms with E-state index >= 15 is 0 Å². The Hall–Kier alpha value is -7.36. The van der Waals surface area contributed by atoms with Crippen molar-refractivity contribution in [1.82, 2.24) is 4.57 Å². The van der Waals surface area contributed by atoms with Crippen molar-refractivity contribution < 1.29 is 4.42 Å². The van der Waals surface area contributed by atoms with Gasteiger partial charge in [0.15, 0.2) is 0 Å². The lowest BCUT2D eigenvalue weighted by Gasteiger charge is -2.26. The average Bonchev–Trinajstić information content (AvgIpc) is 3.80. The van der Waals surface area contributed by atoms with Crippen LogP contribution in [0.1, 0.15) is 0 Å². The van der Waals surface area contributed by atoms with Crippen molar-refractivity contribution in [2.75, 3.05) is 4.90 Å². The van der Waals surface area contributed by atoms with Crippen molar-refractivity contribution in [2.24, 2.45) is 0 Å². The van der Waals surface area contributed by atoms with Crippen molar-refractivity contribution in [3.63, 3.8) is 0 Å². The van der Waals surface area contributed by atoms with Gasteiger partial charge in [-0.15, -0.1) is 0 Å². The Labute approximate surface area is 318 Å². The third-order valence-electron chi connectivity index (χ3n) is 11.0. The van der Waals surface area contributed by atoms with Gasteiger partial charge in [-0.05, 0) is 99.8 Å². The van der Waals surface area contributed by atoms with Crippen LogP contribution in [-0.2, 0) is 0 Å². The molecule has 3 heteroatoms. The molecule has 0 aliphatic heterocycles. The van der Waals surface area contributed by atoms with Crippen LogP contribution in [0, 0.1) is 0 Å². The van der Waals surface area contributed by atoms with E-state index in [-0.39, 0.29) is 0 Å². The second kappa shape index (κ2) is 12.6. The molecule has 9 aromatic carbocycles. The fourth-order valence-corrected chi connectivity index (χ4v) is 8.48. The van der Waals surface area contributed by atoms with Gasteiger partial charge in [0, 0.05) is 50.4 Å². The summed E-state index contributed by atoms with van der Waals surface area (Å²) in [6.45, 7) is 0. The third kappa shape index (κ3) is 5.13. The van der Waals surface area contributed by atoms with E-state index in [0.717, 1.165) is 44.7 Å². The molecule has 0 N–H and O–H groups in total. The molecule has 258 valence electrons. The number of furan rings is 1. The molecule has 55 heavy (non-hydrogen) atoms. The smallest absolute Gasteiger partial charge is 0.137 e. The highest BCUT2D eigenvalue weighted by atomic mass is 16.3. The number of hydrogen-bond acceptors (Lipinski definition) is 2. The van der Waals surface area contributed by atoms with Gasteiger partial charge in [-0.25, -0.2) is 0 Å². The van der Waals surface area contributed by atoms with Crippen LogP contribution in [0.3, 0.4) is 0 Å². The maximum atomic E-state index is 6.40. The molecule has 0 atom stereocenters. The highest BCUT2D eigenvalue weighted by molar-refractivity contribution is 6.10. The molecule has 3 nitrogen and oxygen atoms in total. The lowest BCUT2D eigenvalue weighted by molar-refractivity contribution is 0.669. The van der Waals surface area contributed by atoms with Gasteiger partial charge in [0.25, 0.3) is 0 Å². The summed E-state index contributed by atoms with van der Waals surface area (Å²) in [4.78, 5) is 2.32. The quantitative estimate of drug-likeness (QED) is 0.172. The Morgan fingerprint density at radius 3 is 1.56 bits per heavy atom. The maximum Gasteiger partial charge on any atom is 0.137 e. The molecule has 11 aromatic rings. The number of para-hydroxylation sites is 3. The topological polar surface area (TPSA) is 21.3 Å². The molecule has 0 bridgehead atoms. The number of anilines is 3. The van der Waals surface area contributed by atoms with E-state index in [1.807, 2.05) is 12.1 Å². The second-order valence-corrected chi connectivity index (χ2v) is 14.1. The zero-order chi connectivity index (χ0) is 36.3. The van der Waals surface area contributed by atoms with Crippen LogP contribution in [0.4, 0.5) is 17.1 Å². The van der Waals surface area contributed by atoms with Crippen LogP contribution in [0.2, 0.25) is 0 Å². The minimum absolute atomic E-state index is 0.867. The highest BCUT2D eigenvalue weighted by Gasteiger charge is 2.18. The standard InChI is InChI=1S/C52H34N2O/c1-2-12-35(13-3-1)42-19-10-14-37-15-11-20-43(52(37)42)36-24-26-38(27-25-36)53(41-32-33-47-46-18-6-9-23-50(46)55-51(47)34-41)39-28-30-40(31-29-39)54-48-21-7-4-16-44(48)45-17-5-8-22-49(45)54/h1-34H. The first-order valence-electron chi connectivity index (χ1n) is 18.8. The van der Waals surface area contributed by atoms with Gasteiger partial charge in [0.1, 0.15) is 11.2 Å². The number of hydrogen-bond donors (Lipinski definition) is 0. The molecule has 2 aromatic heterocycles. The van der Waals surface area contributed by atoms with Gasteiger partial charge < -0.3 is 13.9 Å². The molecular formula is C52H34N2O. The molecule has 11 rings (SSSR count). The van der Waals surface area contributed by atoms with Crippen LogP contribution >= 0.6 is 0 Å². The first-order valence-corrected chi connectivity index (χ1v) is 18.8. The van der Waals surface area contributed by atoms with E-state index < -0.39 is 0 Å². The summed E-state index contributed by atoms with van der Waals surface area (Å²) in [6.07, 6.45) is 0. The molecule has 0 radical (unpaired) electrons. The number of fused-ring (bicyclic) bond motifs is 7. The predicted octanol–water partition coefficient (Wildman–Crippen LogP) is 14.6. The summed E-state index contributed by atoms with van der Waals surface area (Å²) in [7, 11) is 0. The van der Waals surface area contributed by atoms with Crippen molar-refractivity contribution in [3.05, 3.63) is 206 Å². The molecule has 0 spiro atoms. The fraction of sp³-hybridized carbons (Fsp3) is 0. The second-order valence-electron chi connectivity index (χ2n) is 14.1. The first kappa shape index (κ1) is 31.2. The van der Waals surface area contributed by atoms with Crippen molar-refractivity contribution >= 4 is 71.6 Å². The van der Waals surface area contributed by atoms with Crippen LogP contribution in [0.25, 0.3) is 82.5 Å². The summed E-state index contributed by atoms with van der Waals surface area (Å²) in [5.74, 6) is 0. The number of nitrogens with zero attached hydrogens (tertiary/aromatic N) is 2. The van der Waals surface area contributed by atoms with Gasteiger partial charge in [0.2, 0.25) is 0 Å². The zero-order valence-corrected chi connectivity index (χ0v) is 29.9. The number of benzene rings is 9. The summed E-state index contributed by atoms with van der Waals surface area (Å²) in [5, 5.41) is 7.24. The van der Waals surface area contributed by atoms with Crippen molar-refractivity contribution in [3.8, 4) is 27.9 Å². The van der Waals surface area contributed by atoms with E-state index in [2.05, 4.69) is 204 Å². The van der Waals surface area contributed by atoms with Gasteiger partial charge in [0.05, 0.1) is 11.0 Å². The van der Waals surface area contributed by atoms with Crippen LogP contribution in [-0.4, -0.2) is 4.57 Å². The minimum atomic E-state index is 0.867. The molecule has 0 aliphatic rings. The molecule has 0 unspecified atom stereocenters. The minimum Gasteiger partial charge on any atom is -0.456 e. The van der Waals surface area contributed by atoms with E-state index in [1.54, 1.807) is 0 Å². The Kier molecular flexibility index (Phi) is 7.17. The third-order valence-corrected chi connectivity index (χ3v) is 11.0. The lowest BCUT2D eigenvalue weighted by atomic mass is 9.91. The van der Waals surface area contributed by atoms with E-state index in [1.165, 1.54) is 54.8 Å². The van der Waals surface area contributed by atoms with E-state index in [4.69, 9.17) is 4.42 Å². The molecule has 0 aliphatic carbocycles. The summed E-state index contributed by atoms with van der Waals surface area (Å²) < 4.78 is 8.76. The molecule has 0 fully saturated rings. The maximum absolute atomic E-state index is 6.40. The Morgan fingerprint density at radius 1 is 0.364 bits per heavy atom. The fourth-order valence-electron chi connectivity index (χ4n) is 8.48. The summed E-state index contributed by atoms with van der Waals surface area (Å²) in [6, 6.07) is 73.9.